The zero-order valence-electron chi connectivity index (χ0n) is 17.3. The summed E-state index contributed by atoms with van der Waals surface area (Å²) in [5.41, 5.74) is 1.35. The largest absolute Gasteiger partial charge is 0.497 e. The Morgan fingerprint density at radius 2 is 1.61 bits per heavy atom. The average Bonchev–Trinajstić information content (AvgIpc) is 3.19. The summed E-state index contributed by atoms with van der Waals surface area (Å²) in [6.07, 6.45) is -0.00477. The van der Waals surface area contributed by atoms with Crippen LogP contribution in [0.15, 0.2) is 48.5 Å². The third kappa shape index (κ3) is 5.28. The molecule has 0 bridgehead atoms. The van der Waals surface area contributed by atoms with Gasteiger partial charge in [-0.2, -0.15) is 0 Å². The minimum atomic E-state index is -0.666. The summed E-state index contributed by atoms with van der Waals surface area (Å²) in [5, 5.41) is 0. The third-order valence-corrected chi connectivity index (χ3v) is 4.91. The molecule has 1 aliphatic heterocycles. The van der Waals surface area contributed by atoms with Gasteiger partial charge in [0.2, 0.25) is 5.91 Å². The molecule has 1 heterocycles. The van der Waals surface area contributed by atoms with E-state index in [1.807, 2.05) is 0 Å². The summed E-state index contributed by atoms with van der Waals surface area (Å²) in [6.45, 7) is 1.74. The molecule has 2 aromatic rings. The van der Waals surface area contributed by atoms with Crippen LogP contribution in [0.1, 0.15) is 34.1 Å². The Morgan fingerprint density at radius 3 is 2.23 bits per heavy atom. The van der Waals surface area contributed by atoms with E-state index < -0.39 is 24.5 Å². The van der Waals surface area contributed by atoms with Crippen molar-refractivity contribution >= 4 is 29.3 Å². The van der Waals surface area contributed by atoms with Crippen molar-refractivity contribution in [3.05, 3.63) is 59.7 Å². The molecule has 3 rings (SSSR count). The Bertz CT molecular complexity index is 966. The van der Waals surface area contributed by atoms with Crippen molar-refractivity contribution in [1.82, 2.24) is 0 Å². The van der Waals surface area contributed by atoms with E-state index >= 15 is 0 Å². The molecule has 1 saturated heterocycles. The van der Waals surface area contributed by atoms with E-state index in [0.29, 0.717) is 22.6 Å². The summed E-state index contributed by atoms with van der Waals surface area (Å²) in [6, 6.07) is 12.9. The van der Waals surface area contributed by atoms with Gasteiger partial charge in [0, 0.05) is 24.2 Å². The SMILES string of the molecule is CCOC(=O)c1ccc(N2C[C@H](C(=O)OCC(=O)c3ccc(OC)cc3)CC2=O)cc1. The number of carbonyl (C=O) groups is 4. The molecule has 162 valence electrons. The standard InChI is InChI=1S/C23H23NO7/c1-3-30-22(27)16-4-8-18(9-5-16)24-13-17(12-21(24)26)23(28)31-14-20(25)15-6-10-19(29-2)11-7-15/h4-11,17H,3,12-14H2,1-2H3/t17-/m1/s1. The van der Waals surface area contributed by atoms with Crippen LogP contribution in [0.3, 0.4) is 0 Å². The molecule has 0 N–H and O–H groups in total. The lowest BCUT2D eigenvalue weighted by Gasteiger charge is -2.17. The molecule has 2 aromatic carbocycles. The number of ether oxygens (including phenoxy) is 3. The van der Waals surface area contributed by atoms with Gasteiger partial charge in [-0.05, 0) is 55.5 Å². The van der Waals surface area contributed by atoms with Gasteiger partial charge in [-0.3, -0.25) is 14.4 Å². The number of amides is 1. The quantitative estimate of drug-likeness (QED) is 0.474. The number of hydrogen-bond acceptors (Lipinski definition) is 7. The van der Waals surface area contributed by atoms with Gasteiger partial charge in [0.25, 0.3) is 0 Å². The fourth-order valence-electron chi connectivity index (χ4n) is 3.22. The number of nitrogens with zero attached hydrogens (tertiary/aromatic N) is 1. The number of anilines is 1. The second-order valence-corrected chi connectivity index (χ2v) is 6.93. The summed E-state index contributed by atoms with van der Waals surface area (Å²) < 4.78 is 15.1. The summed E-state index contributed by atoms with van der Waals surface area (Å²) in [4.78, 5) is 50.2. The summed E-state index contributed by atoms with van der Waals surface area (Å²) in [7, 11) is 1.53. The Morgan fingerprint density at radius 1 is 0.968 bits per heavy atom. The van der Waals surface area contributed by atoms with Crippen LogP contribution >= 0.6 is 0 Å². The molecule has 1 atom stereocenters. The molecule has 31 heavy (non-hydrogen) atoms. The lowest BCUT2D eigenvalue weighted by molar-refractivity contribution is -0.147. The Kier molecular flexibility index (Phi) is 7.02. The highest BCUT2D eigenvalue weighted by atomic mass is 16.5. The highest BCUT2D eigenvalue weighted by Crippen LogP contribution is 2.26. The van der Waals surface area contributed by atoms with Crippen molar-refractivity contribution in [2.24, 2.45) is 5.92 Å². The van der Waals surface area contributed by atoms with Crippen LogP contribution in [0.2, 0.25) is 0 Å². The number of methoxy groups -OCH3 is 1. The highest BCUT2D eigenvalue weighted by molar-refractivity contribution is 6.01. The molecule has 1 aliphatic rings. The van der Waals surface area contributed by atoms with E-state index in [1.165, 1.54) is 12.0 Å². The molecular formula is C23H23NO7. The summed E-state index contributed by atoms with van der Waals surface area (Å²) in [5.74, 6) is -1.65. The molecular weight excluding hydrogens is 402 g/mol. The van der Waals surface area contributed by atoms with E-state index in [4.69, 9.17) is 14.2 Å². The normalized spacial score (nSPS) is 15.5. The number of carbonyl (C=O) groups excluding carboxylic acids is 4. The lowest BCUT2D eigenvalue weighted by atomic mass is 10.1. The molecule has 0 radical (unpaired) electrons. The average molecular weight is 425 g/mol. The van der Waals surface area contributed by atoms with Crippen molar-refractivity contribution in [1.29, 1.82) is 0 Å². The Labute approximate surface area is 179 Å². The van der Waals surface area contributed by atoms with E-state index in [0.717, 1.165) is 0 Å². The van der Waals surface area contributed by atoms with E-state index in [9.17, 15) is 19.2 Å². The van der Waals surface area contributed by atoms with Crippen molar-refractivity contribution in [3.8, 4) is 5.75 Å². The van der Waals surface area contributed by atoms with Crippen LogP contribution in [0.5, 0.6) is 5.75 Å². The fraction of sp³-hybridized carbons (Fsp3) is 0.304. The summed E-state index contributed by atoms with van der Waals surface area (Å²) >= 11 is 0. The Hall–Kier alpha value is -3.68. The smallest absolute Gasteiger partial charge is 0.338 e. The lowest BCUT2D eigenvalue weighted by Crippen LogP contribution is -2.27. The fourth-order valence-corrected chi connectivity index (χ4v) is 3.22. The molecule has 0 aromatic heterocycles. The number of Topliss-reactive ketones (excluding diaryl/α,β-unsaturated/α-hetero) is 1. The molecule has 0 unspecified atom stereocenters. The van der Waals surface area contributed by atoms with Crippen LogP contribution < -0.4 is 9.64 Å². The molecule has 1 fully saturated rings. The zero-order chi connectivity index (χ0) is 22.4. The first kappa shape index (κ1) is 22.0. The van der Waals surface area contributed by atoms with Gasteiger partial charge in [0.15, 0.2) is 12.4 Å². The molecule has 0 aliphatic carbocycles. The van der Waals surface area contributed by atoms with Gasteiger partial charge in [-0.25, -0.2) is 4.79 Å². The first-order chi connectivity index (χ1) is 14.9. The van der Waals surface area contributed by atoms with Crippen LogP contribution in [0.4, 0.5) is 5.69 Å². The van der Waals surface area contributed by atoms with E-state index in [-0.39, 0.29) is 31.3 Å². The minimum absolute atomic E-state index is 0.00477. The maximum absolute atomic E-state index is 12.4. The Balaban J connectivity index is 1.55. The number of benzene rings is 2. The van der Waals surface area contributed by atoms with Crippen LogP contribution in [0, 0.1) is 5.92 Å². The first-order valence-electron chi connectivity index (χ1n) is 9.84. The van der Waals surface area contributed by atoms with Gasteiger partial charge < -0.3 is 19.1 Å². The van der Waals surface area contributed by atoms with Crippen molar-refractivity contribution in [2.75, 3.05) is 31.8 Å². The van der Waals surface area contributed by atoms with Crippen molar-refractivity contribution in [3.63, 3.8) is 0 Å². The van der Waals surface area contributed by atoms with Gasteiger partial charge >= 0.3 is 11.9 Å². The highest BCUT2D eigenvalue weighted by Gasteiger charge is 2.36. The van der Waals surface area contributed by atoms with Gasteiger partial charge in [0.05, 0.1) is 25.2 Å². The van der Waals surface area contributed by atoms with Crippen molar-refractivity contribution < 1.29 is 33.4 Å². The second-order valence-electron chi connectivity index (χ2n) is 6.93. The first-order valence-corrected chi connectivity index (χ1v) is 9.84. The third-order valence-electron chi connectivity index (χ3n) is 4.91. The topological polar surface area (TPSA) is 99.2 Å². The van der Waals surface area contributed by atoms with Gasteiger partial charge in [0.1, 0.15) is 5.75 Å². The minimum Gasteiger partial charge on any atom is -0.497 e. The maximum Gasteiger partial charge on any atom is 0.338 e. The van der Waals surface area contributed by atoms with Crippen LogP contribution in [0.25, 0.3) is 0 Å². The number of rotatable bonds is 8. The van der Waals surface area contributed by atoms with E-state index in [1.54, 1.807) is 55.5 Å². The molecule has 0 saturated carbocycles. The number of esters is 2. The molecule has 0 spiro atoms. The monoisotopic (exact) mass is 425 g/mol. The molecule has 8 heteroatoms. The number of ketones is 1. The van der Waals surface area contributed by atoms with Gasteiger partial charge in [-0.1, -0.05) is 0 Å². The molecule has 1 amide bonds. The van der Waals surface area contributed by atoms with Crippen LogP contribution in [-0.4, -0.2) is 50.5 Å². The predicted molar refractivity (Wildman–Crippen MR) is 111 cm³/mol. The van der Waals surface area contributed by atoms with Gasteiger partial charge in [-0.15, -0.1) is 0 Å². The zero-order valence-corrected chi connectivity index (χ0v) is 17.3. The second kappa shape index (κ2) is 9.88. The van der Waals surface area contributed by atoms with Crippen LogP contribution in [-0.2, 0) is 19.1 Å². The number of hydrogen-bond donors (Lipinski definition) is 0. The molecule has 8 nitrogen and oxygen atoms in total. The van der Waals surface area contributed by atoms with E-state index in [2.05, 4.69) is 0 Å². The maximum atomic E-state index is 12.4. The predicted octanol–water partition coefficient (Wildman–Crippen LogP) is 2.65. The van der Waals surface area contributed by atoms with Crippen molar-refractivity contribution in [2.45, 2.75) is 13.3 Å².